The van der Waals surface area contributed by atoms with Crippen molar-refractivity contribution >= 4 is 17.7 Å². The van der Waals surface area contributed by atoms with E-state index >= 15 is 0 Å². The molecule has 0 aliphatic carbocycles. The predicted molar refractivity (Wildman–Crippen MR) is 100 cm³/mol. The second-order valence-corrected chi connectivity index (χ2v) is 5.59. The first kappa shape index (κ1) is 17.3. The Bertz CT molecular complexity index is 856. The van der Waals surface area contributed by atoms with Crippen molar-refractivity contribution in [3.8, 4) is 11.4 Å². The molecule has 2 aromatic heterocycles. The molecule has 1 aromatic carbocycles. The van der Waals surface area contributed by atoms with E-state index < -0.39 is 5.97 Å². The number of nitrogens with one attached hydrogen (secondary N) is 2. The molecule has 0 aliphatic heterocycles. The number of rotatable bonds is 8. The highest BCUT2D eigenvalue weighted by atomic mass is 16.4. The Labute approximate surface area is 151 Å². The van der Waals surface area contributed by atoms with Crippen molar-refractivity contribution in [1.82, 2.24) is 15.0 Å². The van der Waals surface area contributed by atoms with Gasteiger partial charge in [0.25, 0.3) is 0 Å². The minimum Gasteiger partial charge on any atom is -0.480 e. The highest BCUT2D eigenvalue weighted by molar-refractivity contribution is 5.72. The van der Waals surface area contributed by atoms with Crippen LogP contribution in [0.15, 0.2) is 60.8 Å². The Kier molecular flexibility index (Phi) is 5.72. The molecule has 0 spiro atoms. The lowest BCUT2D eigenvalue weighted by molar-refractivity contribution is -0.134. The Morgan fingerprint density at radius 3 is 2.50 bits per heavy atom. The van der Waals surface area contributed by atoms with Gasteiger partial charge in [-0.15, -0.1) is 0 Å². The molecule has 26 heavy (non-hydrogen) atoms. The van der Waals surface area contributed by atoms with Gasteiger partial charge in [-0.25, -0.2) is 4.98 Å². The molecule has 7 nitrogen and oxygen atoms in total. The summed E-state index contributed by atoms with van der Waals surface area (Å²) in [6.07, 6.45) is 2.53. The van der Waals surface area contributed by atoms with Gasteiger partial charge in [-0.1, -0.05) is 36.4 Å². The number of hydrogen-bond donors (Lipinski definition) is 3. The number of benzene rings is 1. The minimum absolute atomic E-state index is 0.248. The van der Waals surface area contributed by atoms with Gasteiger partial charge >= 0.3 is 5.97 Å². The second kappa shape index (κ2) is 8.57. The van der Waals surface area contributed by atoms with E-state index in [2.05, 4.69) is 37.7 Å². The van der Waals surface area contributed by atoms with E-state index in [4.69, 9.17) is 5.11 Å². The molecule has 132 valence electrons. The molecule has 3 aromatic rings. The van der Waals surface area contributed by atoms with Gasteiger partial charge in [0.15, 0.2) is 0 Å². The predicted octanol–water partition coefficient (Wildman–Crippen LogP) is 2.69. The molecule has 0 radical (unpaired) electrons. The highest BCUT2D eigenvalue weighted by Crippen LogP contribution is 2.19. The number of nitrogens with zero attached hydrogens (tertiary/aromatic N) is 3. The first-order valence-electron chi connectivity index (χ1n) is 8.24. The largest absolute Gasteiger partial charge is 0.480 e. The van der Waals surface area contributed by atoms with Crippen LogP contribution >= 0.6 is 0 Å². The molecular formula is C19H19N5O2. The minimum atomic E-state index is -0.976. The SMILES string of the molecule is O=C(O)CNc1nc(NCCc2ccccc2)cc(-c2ccccn2)n1. The van der Waals surface area contributed by atoms with Gasteiger partial charge in [0.1, 0.15) is 12.4 Å². The van der Waals surface area contributed by atoms with Gasteiger partial charge < -0.3 is 15.7 Å². The molecule has 0 atom stereocenters. The summed E-state index contributed by atoms with van der Waals surface area (Å²) in [6.45, 7) is 0.441. The van der Waals surface area contributed by atoms with Crippen LogP contribution < -0.4 is 10.6 Å². The van der Waals surface area contributed by atoms with Crippen LogP contribution in [0.2, 0.25) is 0 Å². The third-order valence-electron chi connectivity index (χ3n) is 3.61. The summed E-state index contributed by atoms with van der Waals surface area (Å²) in [4.78, 5) is 23.8. The van der Waals surface area contributed by atoms with Gasteiger partial charge in [-0.3, -0.25) is 9.78 Å². The number of hydrogen-bond acceptors (Lipinski definition) is 6. The van der Waals surface area contributed by atoms with Crippen LogP contribution in [0.3, 0.4) is 0 Å². The standard InChI is InChI=1S/C19H19N5O2/c25-18(26)13-22-19-23-16(15-8-4-5-10-20-15)12-17(24-19)21-11-9-14-6-2-1-3-7-14/h1-8,10,12H,9,11,13H2,(H,25,26)(H2,21,22,23,24). The van der Waals surface area contributed by atoms with Crippen LogP contribution in [0, 0.1) is 0 Å². The molecule has 2 heterocycles. The van der Waals surface area contributed by atoms with E-state index in [0.29, 0.717) is 23.8 Å². The van der Waals surface area contributed by atoms with Gasteiger partial charge in [0.2, 0.25) is 5.95 Å². The van der Waals surface area contributed by atoms with Gasteiger partial charge in [0.05, 0.1) is 11.4 Å². The zero-order valence-corrected chi connectivity index (χ0v) is 14.1. The molecule has 0 amide bonds. The summed E-state index contributed by atoms with van der Waals surface area (Å²) in [5.74, 6) is -0.113. The summed E-state index contributed by atoms with van der Waals surface area (Å²) >= 11 is 0. The molecule has 3 N–H and O–H groups in total. The number of carboxylic acids is 1. The van der Waals surface area contributed by atoms with E-state index in [1.54, 1.807) is 12.3 Å². The van der Waals surface area contributed by atoms with E-state index in [-0.39, 0.29) is 12.5 Å². The van der Waals surface area contributed by atoms with E-state index in [9.17, 15) is 4.79 Å². The molecule has 0 saturated heterocycles. The number of carboxylic acid groups (broad SMARTS) is 1. The lowest BCUT2D eigenvalue weighted by atomic mass is 10.1. The quantitative estimate of drug-likeness (QED) is 0.575. The Hall–Kier alpha value is -3.48. The van der Waals surface area contributed by atoms with Crippen LogP contribution in [-0.2, 0) is 11.2 Å². The maximum atomic E-state index is 10.8. The monoisotopic (exact) mass is 349 g/mol. The fraction of sp³-hybridized carbons (Fsp3) is 0.158. The molecule has 0 unspecified atom stereocenters. The van der Waals surface area contributed by atoms with Crippen molar-refractivity contribution in [2.75, 3.05) is 23.7 Å². The number of anilines is 2. The van der Waals surface area contributed by atoms with Crippen molar-refractivity contribution in [1.29, 1.82) is 0 Å². The molecular weight excluding hydrogens is 330 g/mol. The molecule has 0 fully saturated rings. The molecule has 7 heteroatoms. The smallest absolute Gasteiger partial charge is 0.322 e. The highest BCUT2D eigenvalue weighted by Gasteiger charge is 2.08. The lowest BCUT2D eigenvalue weighted by Gasteiger charge is -2.10. The fourth-order valence-electron chi connectivity index (χ4n) is 2.40. The normalized spacial score (nSPS) is 10.3. The molecule has 0 saturated carbocycles. The van der Waals surface area contributed by atoms with Crippen molar-refractivity contribution in [3.05, 3.63) is 66.4 Å². The average Bonchev–Trinajstić information content (AvgIpc) is 2.68. The van der Waals surface area contributed by atoms with E-state index in [1.165, 1.54) is 5.56 Å². The Morgan fingerprint density at radius 2 is 1.77 bits per heavy atom. The van der Waals surface area contributed by atoms with E-state index in [1.807, 2.05) is 36.4 Å². The maximum Gasteiger partial charge on any atom is 0.322 e. The summed E-state index contributed by atoms with van der Waals surface area (Å²) in [5, 5.41) is 14.8. The number of aromatic nitrogens is 3. The maximum absolute atomic E-state index is 10.8. The average molecular weight is 349 g/mol. The fourth-order valence-corrected chi connectivity index (χ4v) is 2.40. The first-order valence-corrected chi connectivity index (χ1v) is 8.24. The summed E-state index contributed by atoms with van der Waals surface area (Å²) < 4.78 is 0. The van der Waals surface area contributed by atoms with Crippen LogP contribution in [0.4, 0.5) is 11.8 Å². The molecule has 0 aliphatic rings. The third kappa shape index (κ3) is 5.01. The Balaban J connectivity index is 1.76. The van der Waals surface area contributed by atoms with Crippen LogP contribution in [0.1, 0.15) is 5.56 Å². The summed E-state index contributed by atoms with van der Waals surface area (Å²) in [6, 6.07) is 17.5. The van der Waals surface area contributed by atoms with E-state index in [0.717, 1.165) is 6.42 Å². The Morgan fingerprint density at radius 1 is 0.962 bits per heavy atom. The third-order valence-corrected chi connectivity index (χ3v) is 3.61. The van der Waals surface area contributed by atoms with Gasteiger partial charge in [-0.05, 0) is 24.1 Å². The lowest BCUT2D eigenvalue weighted by Crippen LogP contribution is -2.15. The topological polar surface area (TPSA) is 100 Å². The zero-order chi connectivity index (χ0) is 18.2. The van der Waals surface area contributed by atoms with Crippen molar-refractivity contribution in [3.63, 3.8) is 0 Å². The van der Waals surface area contributed by atoms with Crippen molar-refractivity contribution in [2.24, 2.45) is 0 Å². The van der Waals surface area contributed by atoms with Crippen molar-refractivity contribution in [2.45, 2.75) is 6.42 Å². The second-order valence-electron chi connectivity index (χ2n) is 5.59. The molecule has 3 rings (SSSR count). The summed E-state index contributed by atoms with van der Waals surface area (Å²) in [5.41, 5.74) is 2.54. The number of aliphatic carboxylic acids is 1. The summed E-state index contributed by atoms with van der Waals surface area (Å²) in [7, 11) is 0. The molecule has 0 bridgehead atoms. The van der Waals surface area contributed by atoms with Crippen molar-refractivity contribution < 1.29 is 9.90 Å². The van der Waals surface area contributed by atoms with Crippen LogP contribution in [-0.4, -0.2) is 39.1 Å². The zero-order valence-electron chi connectivity index (χ0n) is 14.1. The van der Waals surface area contributed by atoms with Crippen LogP contribution in [0.25, 0.3) is 11.4 Å². The van der Waals surface area contributed by atoms with Gasteiger partial charge in [-0.2, -0.15) is 4.98 Å². The van der Waals surface area contributed by atoms with Gasteiger partial charge in [0, 0.05) is 18.8 Å². The number of pyridine rings is 1. The first-order chi connectivity index (χ1) is 12.7. The number of carbonyl (C=O) groups is 1. The van der Waals surface area contributed by atoms with Crippen LogP contribution in [0.5, 0.6) is 0 Å².